The number of nitrogens with one attached hydrogen (secondary N) is 1. The van der Waals surface area contributed by atoms with E-state index in [2.05, 4.69) is 16.9 Å². The average molecular weight is 328 g/mol. The van der Waals surface area contributed by atoms with Crippen molar-refractivity contribution in [2.45, 2.75) is 6.92 Å². The number of thioether (sulfide) groups is 1. The molecule has 0 radical (unpaired) electrons. The molecule has 22 heavy (non-hydrogen) atoms. The molecular formula is C15H15F3N2OS. The van der Waals surface area contributed by atoms with Crippen molar-refractivity contribution in [3.8, 4) is 0 Å². The molecule has 1 aromatic carbocycles. The van der Waals surface area contributed by atoms with Gasteiger partial charge in [-0.15, -0.1) is 18.3 Å². The van der Waals surface area contributed by atoms with Crippen molar-refractivity contribution in [2.75, 3.05) is 17.6 Å². The lowest BCUT2D eigenvalue weighted by Crippen LogP contribution is -2.31. The molecule has 0 spiro atoms. The summed E-state index contributed by atoms with van der Waals surface area (Å²) in [6, 6.07) is 1.77. The van der Waals surface area contributed by atoms with Crippen LogP contribution in [0.2, 0.25) is 0 Å². The van der Waals surface area contributed by atoms with Gasteiger partial charge in [-0.2, -0.15) is 0 Å². The van der Waals surface area contributed by atoms with E-state index in [4.69, 9.17) is 0 Å². The number of hydrogen-bond donors (Lipinski definition) is 1. The molecule has 1 aliphatic rings. The molecule has 2 atom stereocenters. The van der Waals surface area contributed by atoms with Crippen molar-refractivity contribution in [3.63, 3.8) is 0 Å². The van der Waals surface area contributed by atoms with E-state index in [-0.39, 0.29) is 11.6 Å². The minimum Gasteiger partial charge on any atom is -0.323 e. The predicted molar refractivity (Wildman–Crippen MR) is 82.6 cm³/mol. The summed E-state index contributed by atoms with van der Waals surface area (Å²) in [4.78, 5) is 16.6. The van der Waals surface area contributed by atoms with Gasteiger partial charge in [-0.3, -0.25) is 9.79 Å². The fraction of sp³-hybridized carbons (Fsp3) is 0.333. The van der Waals surface area contributed by atoms with Crippen LogP contribution in [0.15, 0.2) is 29.8 Å². The number of carbonyl (C=O) groups excluding carboxylic acids is 1. The van der Waals surface area contributed by atoms with Crippen molar-refractivity contribution in [1.29, 1.82) is 0 Å². The number of anilines is 1. The fourth-order valence-electron chi connectivity index (χ4n) is 2.16. The highest BCUT2D eigenvalue weighted by molar-refractivity contribution is 8.14. The summed E-state index contributed by atoms with van der Waals surface area (Å²) in [7, 11) is 0. The van der Waals surface area contributed by atoms with E-state index >= 15 is 0 Å². The molecule has 1 N–H and O–H groups in total. The van der Waals surface area contributed by atoms with Crippen molar-refractivity contribution in [1.82, 2.24) is 0 Å². The largest absolute Gasteiger partial charge is 0.323 e. The maximum absolute atomic E-state index is 13.6. The van der Waals surface area contributed by atoms with Gasteiger partial charge in [0.2, 0.25) is 5.91 Å². The second-order valence-electron chi connectivity index (χ2n) is 4.95. The summed E-state index contributed by atoms with van der Waals surface area (Å²) >= 11 is 1.39. The maximum Gasteiger partial charge on any atom is 0.234 e. The number of nitrogens with zero attached hydrogens (tertiary/aromatic N) is 1. The van der Waals surface area contributed by atoms with Crippen molar-refractivity contribution < 1.29 is 18.0 Å². The van der Waals surface area contributed by atoms with Gasteiger partial charge < -0.3 is 5.32 Å². The molecule has 1 aromatic rings. The number of rotatable bonds is 4. The molecule has 0 aromatic heterocycles. The lowest BCUT2D eigenvalue weighted by molar-refractivity contribution is -0.118. The normalized spacial score (nSPS) is 20.6. The topological polar surface area (TPSA) is 41.5 Å². The van der Waals surface area contributed by atoms with E-state index in [0.717, 1.165) is 12.1 Å². The highest BCUT2D eigenvalue weighted by Gasteiger charge is 2.35. The third kappa shape index (κ3) is 3.35. The van der Waals surface area contributed by atoms with Crippen molar-refractivity contribution >= 4 is 28.4 Å². The first-order chi connectivity index (χ1) is 10.5. The van der Waals surface area contributed by atoms with Gasteiger partial charge in [0.15, 0.2) is 17.5 Å². The number of carbonyl (C=O) groups is 1. The van der Waals surface area contributed by atoms with E-state index < -0.39 is 29.3 Å². The molecular weight excluding hydrogens is 313 g/mol. The summed E-state index contributed by atoms with van der Waals surface area (Å²) in [6.45, 7) is 5.96. The molecule has 1 aliphatic heterocycles. The van der Waals surface area contributed by atoms with Gasteiger partial charge in [0.05, 0.1) is 16.6 Å². The number of halogens is 3. The third-order valence-corrected chi connectivity index (χ3v) is 4.38. The lowest BCUT2D eigenvalue weighted by atomic mass is 9.97. The molecule has 1 amide bonds. The first-order valence-electron chi connectivity index (χ1n) is 6.68. The summed E-state index contributed by atoms with van der Waals surface area (Å²) < 4.78 is 39.7. The number of amides is 1. The van der Waals surface area contributed by atoms with E-state index in [1.165, 1.54) is 11.8 Å². The van der Waals surface area contributed by atoms with E-state index in [0.29, 0.717) is 17.3 Å². The number of aliphatic imine (C=N–C) groups is 1. The van der Waals surface area contributed by atoms with Gasteiger partial charge in [-0.1, -0.05) is 13.0 Å². The standard InChI is InChI=1S/C15H15F3N2OS/c1-3-6-22-15-11(8(2)7-19-15)14(21)20-10-5-4-9(16)12(17)13(10)18/h3-5,8,11H,1,6-7H2,2H3,(H,20,21). The minimum atomic E-state index is -1.60. The van der Waals surface area contributed by atoms with Gasteiger partial charge in [0.1, 0.15) is 0 Å². The number of benzene rings is 1. The van der Waals surface area contributed by atoms with Crippen LogP contribution in [-0.2, 0) is 4.79 Å². The van der Waals surface area contributed by atoms with Crippen LogP contribution >= 0.6 is 11.8 Å². The Kier molecular flexibility index (Phi) is 5.28. The number of hydrogen-bond acceptors (Lipinski definition) is 3. The fourth-order valence-corrected chi connectivity index (χ4v) is 3.14. The Hall–Kier alpha value is -1.76. The Balaban J connectivity index is 2.16. The van der Waals surface area contributed by atoms with Crippen LogP contribution < -0.4 is 5.32 Å². The van der Waals surface area contributed by atoms with Gasteiger partial charge in [0.25, 0.3) is 0 Å². The van der Waals surface area contributed by atoms with Gasteiger partial charge in [0, 0.05) is 12.3 Å². The smallest absolute Gasteiger partial charge is 0.234 e. The summed E-state index contributed by atoms with van der Waals surface area (Å²) in [5.74, 6) is -4.75. The van der Waals surface area contributed by atoms with E-state index in [1.54, 1.807) is 6.08 Å². The highest BCUT2D eigenvalue weighted by atomic mass is 32.2. The van der Waals surface area contributed by atoms with Crippen LogP contribution in [0.25, 0.3) is 0 Å². The Bertz CT molecular complexity index is 633. The van der Waals surface area contributed by atoms with Crippen molar-refractivity contribution in [3.05, 3.63) is 42.2 Å². The van der Waals surface area contributed by atoms with Crippen LogP contribution in [0.4, 0.5) is 18.9 Å². The second-order valence-corrected chi connectivity index (χ2v) is 5.99. The van der Waals surface area contributed by atoms with Crippen molar-refractivity contribution in [2.24, 2.45) is 16.8 Å². The molecule has 3 nitrogen and oxygen atoms in total. The van der Waals surface area contributed by atoms with Gasteiger partial charge in [-0.05, 0) is 18.1 Å². The zero-order chi connectivity index (χ0) is 16.3. The second kappa shape index (κ2) is 7.00. The summed E-state index contributed by atoms with van der Waals surface area (Å²) in [6.07, 6.45) is 1.69. The average Bonchev–Trinajstić information content (AvgIpc) is 2.86. The Morgan fingerprint density at radius 3 is 2.86 bits per heavy atom. The first kappa shape index (κ1) is 16.6. The SMILES string of the molecule is C=CCSC1=NCC(C)C1C(=O)Nc1ccc(F)c(F)c1F. The quantitative estimate of drug-likeness (QED) is 0.677. The zero-order valence-electron chi connectivity index (χ0n) is 11.9. The summed E-state index contributed by atoms with van der Waals surface area (Å²) in [5, 5.41) is 2.96. The Labute approximate surface area is 130 Å². The van der Waals surface area contributed by atoms with Crippen LogP contribution in [-0.4, -0.2) is 23.2 Å². The molecule has 2 rings (SSSR count). The van der Waals surface area contributed by atoms with Crippen LogP contribution in [0, 0.1) is 29.3 Å². The molecule has 0 fully saturated rings. The Morgan fingerprint density at radius 2 is 2.18 bits per heavy atom. The molecule has 7 heteroatoms. The monoisotopic (exact) mass is 328 g/mol. The molecule has 0 bridgehead atoms. The molecule has 2 unspecified atom stereocenters. The Morgan fingerprint density at radius 1 is 1.45 bits per heavy atom. The first-order valence-corrected chi connectivity index (χ1v) is 7.66. The minimum absolute atomic E-state index is 0.0410. The van der Waals surface area contributed by atoms with E-state index in [1.807, 2.05) is 6.92 Å². The van der Waals surface area contributed by atoms with E-state index in [9.17, 15) is 18.0 Å². The van der Waals surface area contributed by atoms with Gasteiger partial charge >= 0.3 is 0 Å². The lowest BCUT2D eigenvalue weighted by Gasteiger charge is -2.17. The van der Waals surface area contributed by atoms with Gasteiger partial charge in [-0.25, -0.2) is 13.2 Å². The molecule has 0 saturated heterocycles. The molecule has 0 saturated carbocycles. The van der Waals surface area contributed by atoms with Crippen LogP contribution in [0.3, 0.4) is 0 Å². The maximum atomic E-state index is 13.6. The molecule has 0 aliphatic carbocycles. The van der Waals surface area contributed by atoms with Crippen LogP contribution in [0.1, 0.15) is 6.92 Å². The highest BCUT2D eigenvalue weighted by Crippen LogP contribution is 2.29. The third-order valence-electron chi connectivity index (χ3n) is 3.29. The predicted octanol–water partition coefficient (Wildman–Crippen LogP) is 3.63. The zero-order valence-corrected chi connectivity index (χ0v) is 12.7. The summed E-state index contributed by atoms with van der Waals surface area (Å²) in [5.41, 5.74) is -0.379. The molecule has 118 valence electrons. The van der Waals surface area contributed by atoms with Crippen LogP contribution in [0.5, 0.6) is 0 Å². The molecule has 1 heterocycles.